The Hall–Kier alpha value is -0.960. The van der Waals surface area contributed by atoms with Crippen molar-refractivity contribution in [1.82, 2.24) is 14.9 Å². The molecule has 0 saturated carbocycles. The van der Waals surface area contributed by atoms with Crippen LogP contribution in [-0.2, 0) is 10.0 Å². The lowest BCUT2D eigenvalue weighted by Gasteiger charge is -2.32. The molecule has 0 spiro atoms. The van der Waals surface area contributed by atoms with Crippen molar-refractivity contribution in [3.8, 4) is 0 Å². The van der Waals surface area contributed by atoms with Crippen molar-refractivity contribution in [3.05, 3.63) is 16.3 Å². The second-order valence-corrected chi connectivity index (χ2v) is 7.97. The van der Waals surface area contributed by atoms with Gasteiger partial charge in [-0.15, -0.1) is 11.3 Å². The molecule has 1 aromatic heterocycles. The lowest BCUT2D eigenvalue weighted by atomic mass is 9.98. The van der Waals surface area contributed by atoms with E-state index in [1.54, 1.807) is 0 Å². The summed E-state index contributed by atoms with van der Waals surface area (Å²) in [7, 11) is -0.207. The summed E-state index contributed by atoms with van der Waals surface area (Å²) in [5, 5.41) is 4.65. The van der Waals surface area contributed by atoms with Gasteiger partial charge in [0.15, 0.2) is 0 Å². The molecule has 0 aliphatic carbocycles. The first-order valence-corrected chi connectivity index (χ1v) is 9.30. The van der Waals surface area contributed by atoms with Crippen molar-refractivity contribution < 1.29 is 13.2 Å². The van der Waals surface area contributed by atoms with Crippen LogP contribution in [0.5, 0.6) is 0 Å². The molecule has 118 valence electrons. The quantitative estimate of drug-likeness (QED) is 0.834. The van der Waals surface area contributed by atoms with Crippen molar-refractivity contribution in [3.63, 3.8) is 0 Å². The second kappa shape index (κ2) is 6.87. The third-order valence-corrected chi connectivity index (χ3v) is 6.13. The van der Waals surface area contributed by atoms with Crippen molar-refractivity contribution in [2.75, 3.05) is 33.7 Å². The van der Waals surface area contributed by atoms with E-state index in [0.29, 0.717) is 10.8 Å². The van der Waals surface area contributed by atoms with Crippen LogP contribution >= 0.6 is 11.3 Å². The standard InChI is InChI=1S/C13H21N3O3S2/c1-14-7-10-4-3-5-16(8-10)13(17)12-6-11(9-20-12)21(18,19)15-2/h6,9-10,14-15H,3-5,7-8H2,1-2H3/t10-/m1/s1. The van der Waals surface area contributed by atoms with Gasteiger partial charge in [-0.25, -0.2) is 13.1 Å². The highest BCUT2D eigenvalue weighted by Crippen LogP contribution is 2.23. The van der Waals surface area contributed by atoms with Crippen LogP contribution in [0.2, 0.25) is 0 Å². The fourth-order valence-electron chi connectivity index (χ4n) is 2.55. The molecule has 1 saturated heterocycles. The lowest BCUT2D eigenvalue weighted by Crippen LogP contribution is -2.42. The van der Waals surface area contributed by atoms with Gasteiger partial charge in [0.2, 0.25) is 10.0 Å². The van der Waals surface area contributed by atoms with Crippen molar-refractivity contribution in [1.29, 1.82) is 0 Å². The van der Waals surface area contributed by atoms with Gasteiger partial charge in [-0.3, -0.25) is 4.79 Å². The van der Waals surface area contributed by atoms with Gasteiger partial charge in [0, 0.05) is 18.5 Å². The van der Waals surface area contributed by atoms with Gasteiger partial charge >= 0.3 is 0 Å². The van der Waals surface area contributed by atoms with Gasteiger partial charge in [0.05, 0.1) is 9.77 Å². The summed E-state index contributed by atoms with van der Waals surface area (Å²) >= 11 is 1.18. The van der Waals surface area contributed by atoms with E-state index in [1.807, 2.05) is 11.9 Å². The molecule has 1 aliphatic rings. The van der Waals surface area contributed by atoms with Crippen LogP contribution in [0.4, 0.5) is 0 Å². The summed E-state index contributed by atoms with van der Waals surface area (Å²) in [4.78, 5) is 14.9. The number of amides is 1. The third-order valence-electron chi connectivity index (χ3n) is 3.66. The number of nitrogens with zero attached hydrogens (tertiary/aromatic N) is 1. The summed E-state index contributed by atoms with van der Waals surface area (Å²) < 4.78 is 25.7. The van der Waals surface area contributed by atoms with E-state index < -0.39 is 10.0 Å². The Bertz CT molecular complexity index is 596. The molecule has 1 aliphatic heterocycles. The maximum Gasteiger partial charge on any atom is 0.263 e. The smallest absolute Gasteiger partial charge is 0.263 e. The number of nitrogens with one attached hydrogen (secondary N) is 2. The average molecular weight is 331 g/mol. The van der Waals surface area contributed by atoms with Gasteiger partial charge in [0.1, 0.15) is 0 Å². The minimum absolute atomic E-state index is 0.0710. The predicted molar refractivity (Wildman–Crippen MR) is 83.1 cm³/mol. The topological polar surface area (TPSA) is 78.5 Å². The maximum absolute atomic E-state index is 12.5. The fourth-order valence-corrected chi connectivity index (χ4v) is 4.52. The van der Waals surface area contributed by atoms with Crippen LogP contribution in [0.25, 0.3) is 0 Å². The molecule has 2 rings (SSSR count). The van der Waals surface area contributed by atoms with Crippen LogP contribution in [0, 0.1) is 5.92 Å². The van der Waals surface area contributed by atoms with E-state index in [0.717, 1.165) is 32.5 Å². The number of likely N-dealkylation sites (tertiary alicyclic amines) is 1. The van der Waals surface area contributed by atoms with E-state index in [1.165, 1.54) is 29.8 Å². The largest absolute Gasteiger partial charge is 0.338 e. The molecular weight excluding hydrogens is 310 g/mol. The molecular formula is C13H21N3O3S2. The first-order valence-electron chi connectivity index (χ1n) is 6.94. The zero-order valence-corrected chi connectivity index (χ0v) is 13.9. The molecule has 1 amide bonds. The molecule has 0 radical (unpaired) electrons. The lowest BCUT2D eigenvalue weighted by molar-refractivity contribution is 0.0679. The van der Waals surface area contributed by atoms with Gasteiger partial charge in [0.25, 0.3) is 5.91 Å². The minimum atomic E-state index is -3.48. The Morgan fingerprint density at radius 1 is 1.48 bits per heavy atom. The molecule has 1 fully saturated rings. The molecule has 1 atom stereocenters. The van der Waals surface area contributed by atoms with Crippen molar-refractivity contribution >= 4 is 27.3 Å². The number of carbonyl (C=O) groups excluding carboxylic acids is 1. The average Bonchev–Trinajstić information content (AvgIpc) is 2.98. The molecule has 0 bridgehead atoms. The van der Waals surface area contributed by atoms with Crippen molar-refractivity contribution in [2.45, 2.75) is 17.7 Å². The monoisotopic (exact) mass is 331 g/mol. The van der Waals surface area contributed by atoms with E-state index in [2.05, 4.69) is 10.0 Å². The summed E-state index contributed by atoms with van der Waals surface area (Å²) in [6.45, 7) is 2.37. The molecule has 8 heteroatoms. The molecule has 1 aromatic rings. The Kier molecular flexibility index (Phi) is 5.37. The number of hydrogen-bond donors (Lipinski definition) is 2. The number of sulfonamides is 1. The van der Waals surface area contributed by atoms with E-state index in [-0.39, 0.29) is 10.8 Å². The summed E-state index contributed by atoms with van der Waals surface area (Å²) in [5.41, 5.74) is 0. The number of hydrogen-bond acceptors (Lipinski definition) is 5. The Balaban J connectivity index is 2.10. The normalized spacial score (nSPS) is 19.7. The van der Waals surface area contributed by atoms with E-state index in [4.69, 9.17) is 0 Å². The highest BCUT2D eigenvalue weighted by Gasteiger charge is 2.26. The molecule has 2 heterocycles. The summed E-state index contributed by atoms with van der Waals surface area (Å²) in [6.07, 6.45) is 2.11. The summed E-state index contributed by atoms with van der Waals surface area (Å²) in [5.74, 6) is 0.395. The molecule has 2 N–H and O–H groups in total. The van der Waals surface area contributed by atoms with E-state index in [9.17, 15) is 13.2 Å². The number of rotatable bonds is 5. The Morgan fingerprint density at radius 2 is 2.24 bits per heavy atom. The highest BCUT2D eigenvalue weighted by molar-refractivity contribution is 7.89. The molecule has 0 aromatic carbocycles. The molecule has 21 heavy (non-hydrogen) atoms. The summed E-state index contributed by atoms with van der Waals surface area (Å²) in [6, 6.07) is 1.46. The van der Waals surface area contributed by atoms with Gasteiger partial charge in [-0.05, 0) is 45.5 Å². The Labute approximate surface area is 129 Å². The predicted octanol–water partition coefficient (Wildman–Crippen LogP) is 0.728. The van der Waals surface area contributed by atoms with Crippen LogP contribution in [0.3, 0.4) is 0 Å². The van der Waals surface area contributed by atoms with Crippen LogP contribution in [0.15, 0.2) is 16.3 Å². The molecule has 0 unspecified atom stereocenters. The highest BCUT2D eigenvalue weighted by atomic mass is 32.2. The molecule has 6 nitrogen and oxygen atoms in total. The third kappa shape index (κ3) is 3.82. The number of piperidine rings is 1. The van der Waals surface area contributed by atoms with Gasteiger partial charge in [-0.1, -0.05) is 0 Å². The zero-order chi connectivity index (χ0) is 15.5. The minimum Gasteiger partial charge on any atom is -0.338 e. The zero-order valence-electron chi connectivity index (χ0n) is 12.3. The maximum atomic E-state index is 12.5. The van der Waals surface area contributed by atoms with Crippen LogP contribution in [-0.4, -0.2) is 53.0 Å². The fraction of sp³-hybridized carbons (Fsp3) is 0.615. The first kappa shape index (κ1) is 16.4. The second-order valence-electron chi connectivity index (χ2n) is 5.17. The Morgan fingerprint density at radius 3 is 2.90 bits per heavy atom. The van der Waals surface area contributed by atoms with Crippen LogP contribution < -0.4 is 10.0 Å². The van der Waals surface area contributed by atoms with Crippen molar-refractivity contribution in [2.24, 2.45) is 5.92 Å². The van der Waals surface area contributed by atoms with Gasteiger partial charge in [-0.2, -0.15) is 0 Å². The van der Waals surface area contributed by atoms with Gasteiger partial charge < -0.3 is 10.2 Å². The number of carbonyl (C=O) groups is 1. The first-order chi connectivity index (χ1) is 9.97. The number of thiophene rings is 1. The van der Waals surface area contributed by atoms with E-state index >= 15 is 0 Å². The SMILES string of the molecule is CNC[C@H]1CCCN(C(=O)c2cc(S(=O)(=O)NC)cs2)C1. The van der Waals surface area contributed by atoms with Crippen LogP contribution in [0.1, 0.15) is 22.5 Å².